The molecular formula is C19H23N3OS. The lowest BCUT2D eigenvalue weighted by molar-refractivity contribution is 0.224. The monoisotopic (exact) mass is 341 g/mol. The second-order valence-electron chi connectivity index (χ2n) is 6.21. The maximum absolute atomic E-state index is 12.6. The van der Waals surface area contributed by atoms with Crippen LogP contribution >= 0.6 is 11.3 Å². The van der Waals surface area contributed by atoms with Crippen LogP contribution in [0, 0.1) is 6.92 Å². The number of urea groups is 1. The van der Waals surface area contributed by atoms with Crippen molar-refractivity contribution >= 4 is 28.1 Å². The third-order valence-electron chi connectivity index (χ3n) is 4.14. The minimum atomic E-state index is 0.0149. The van der Waals surface area contributed by atoms with Gasteiger partial charge in [0, 0.05) is 36.6 Å². The number of nitrogens with zero attached hydrogens (tertiary/aromatic N) is 3. The van der Waals surface area contributed by atoms with Crippen molar-refractivity contribution in [1.29, 1.82) is 0 Å². The second-order valence-corrected chi connectivity index (χ2v) is 7.33. The van der Waals surface area contributed by atoms with Crippen molar-refractivity contribution in [2.45, 2.75) is 20.3 Å². The van der Waals surface area contributed by atoms with Gasteiger partial charge in [-0.3, -0.25) is 9.89 Å². The number of anilines is 1. The Morgan fingerprint density at radius 1 is 1.29 bits per heavy atom. The number of carbonyl (C=O) groups is 1. The van der Waals surface area contributed by atoms with Crippen LogP contribution in [0.15, 0.2) is 35.3 Å². The van der Waals surface area contributed by atoms with Crippen LogP contribution in [0.4, 0.5) is 9.80 Å². The van der Waals surface area contributed by atoms with E-state index in [2.05, 4.69) is 44.2 Å². The zero-order chi connectivity index (χ0) is 17.3. The minimum absolute atomic E-state index is 0.0149. The van der Waals surface area contributed by atoms with Gasteiger partial charge in [0.1, 0.15) is 5.00 Å². The number of hydrogen-bond acceptors (Lipinski definition) is 3. The number of rotatable bonds is 2. The van der Waals surface area contributed by atoms with E-state index in [1.807, 2.05) is 4.90 Å². The number of thiophene rings is 1. The molecule has 0 saturated carbocycles. The van der Waals surface area contributed by atoms with Gasteiger partial charge in [-0.1, -0.05) is 36.8 Å². The highest BCUT2D eigenvalue weighted by atomic mass is 32.1. The molecule has 1 aromatic carbocycles. The summed E-state index contributed by atoms with van der Waals surface area (Å²) in [7, 11) is 3.59. The largest absolute Gasteiger partial charge is 0.330 e. The number of benzene rings is 1. The Balaban J connectivity index is 2.10. The Labute approximate surface area is 147 Å². The van der Waals surface area contributed by atoms with Gasteiger partial charge in [-0.15, -0.1) is 11.3 Å². The van der Waals surface area contributed by atoms with Crippen LogP contribution in [0.2, 0.25) is 0 Å². The van der Waals surface area contributed by atoms with Gasteiger partial charge >= 0.3 is 6.03 Å². The molecule has 2 amide bonds. The maximum atomic E-state index is 12.6. The van der Waals surface area contributed by atoms with E-state index in [4.69, 9.17) is 4.99 Å². The molecule has 3 rings (SSSR count). The van der Waals surface area contributed by atoms with E-state index < -0.39 is 0 Å². The second kappa shape index (κ2) is 6.77. The molecule has 0 saturated heterocycles. The summed E-state index contributed by atoms with van der Waals surface area (Å²) in [5.41, 5.74) is 4.42. The lowest BCUT2D eigenvalue weighted by atomic mass is 10.0. The number of carbonyl (C=O) groups excluding carboxylic acids is 1. The first kappa shape index (κ1) is 16.7. The Bertz CT molecular complexity index is 774. The summed E-state index contributed by atoms with van der Waals surface area (Å²) in [5.74, 6) is 0. The van der Waals surface area contributed by atoms with Crippen LogP contribution in [0.3, 0.4) is 0 Å². The number of hydrogen-bond donors (Lipinski definition) is 0. The quantitative estimate of drug-likeness (QED) is 0.814. The van der Waals surface area contributed by atoms with Crippen molar-refractivity contribution in [3.8, 4) is 0 Å². The molecule has 24 heavy (non-hydrogen) atoms. The Hall–Kier alpha value is -2.14. The highest BCUT2D eigenvalue weighted by Crippen LogP contribution is 2.36. The highest BCUT2D eigenvalue weighted by Gasteiger charge is 2.27. The average molecular weight is 341 g/mol. The predicted octanol–water partition coefficient (Wildman–Crippen LogP) is 3.96. The summed E-state index contributed by atoms with van der Waals surface area (Å²) in [6.45, 7) is 5.46. The molecule has 0 bridgehead atoms. The molecule has 0 unspecified atom stereocenters. The molecule has 5 heteroatoms. The number of fused-ring (bicyclic) bond motifs is 1. The molecule has 2 aromatic rings. The summed E-state index contributed by atoms with van der Waals surface area (Å²) in [5, 5.41) is 1.02. The van der Waals surface area contributed by atoms with Crippen LogP contribution < -0.4 is 4.90 Å². The summed E-state index contributed by atoms with van der Waals surface area (Å²) in [4.78, 5) is 22.2. The molecule has 126 valence electrons. The first-order valence-corrected chi connectivity index (χ1v) is 9.06. The maximum Gasteiger partial charge on any atom is 0.324 e. The standard InChI is InChI=1S/C19H23N3OS/c1-5-15-12-16-17(14-8-6-13(2)7-9-14)20-10-11-22(18(16)24-15)19(23)21(3)4/h6-9,12H,5,10-11H2,1-4H3. The normalized spacial score (nSPS) is 14.0. The fourth-order valence-electron chi connectivity index (χ4n) is 2.81. The van der Waals surface area contributed by atoms with Gasteiger partial charge in [0.05, 0.1) is 12.3 Å². The Kier molecular flexibility index (Phi) is 4.71. The van der Waals surface area contributed by atoms with Gasteiger partial charge in [0.25, 0.3) is 0 Å². The summed E-state index contributed by atoms with van der Waals surface area (Å²) < 4.78 is 0. The fourth-order valence-corrected chi connectivity index (χ4v) is 3.92. The van der Waals surface area contributed by atoms with Crippen molar-refractivity contribution < 1.29 is 4.79 Å². The zero-order valence-corrected chi connectivity index (χ0v) is 15.5. The SMILES string of the molecule is CCc1cc2c(s1)N(C(=O)N(C)C)CCN=C2c1ccc(C)cc1. The van der Waals surface area contributed by atoms with Gasteiger partial charge in [0.2, 0.25) is 0 Å². The van der Waals surface area contributed by atoms with E-state index in [0.29, 0.717) is 13.1 Å². The van der Waals surface area contributed by atoms with E-state index in [1.54, 1.807) is 30.3 Å². The predicted molar refractivity (Wildman–Crippen MR) is 102 cm³/mol. The van der Waals surface area contributed by atoms with Gasteiger partial charge in [-0.05, 0) is 19.4 Å². The van der Waals surface area contributed by atoms with E-state index in [-0.39, 0.29) is 6.03 Å². The van der Waals surface area contributed by atoms with E-state index in [0.717, 1.165) is 28.3 Å². The first-order chi connectivity index (χ1) is 11.5. The van der Waals surface area contributed by atoms with Crippen molar-refractivity contribution in [2.75, 3.05) is 32.1 Å². The fraction of sp³-hybridized carbons (Fsp3) is 0.368. The number of aliphatic imine (C=N–C) groups is 1. The minimum Gasteiger partial charge on any atom is -0.330 e. The van der Waals surface area contributed by atoms with Gasteiger partial charge in [-0.2, -0.15) is 0 Å². The summed E-state index contributed by atoms with van der Waals surface area (Å²) in [6.07, 6.45) is 0.961. The lowest BCUT2D eigenvalue weighted by Crippen LogP contribution is -2.40. The third kappa shape index (κ3) is 3.08. The topological polar surface area (TPSA) is 35.9 Å². The Morgan fingerprint density at radius 3 is 2.62 bits per heavy atom. The molecule has 0 N–H and O–H groups in total. The molecule has 0 radical (unpaired) electrons. The van der Waals surface area contributed by atoms with Gasteiger partial charge in [0.15, 0.2) is 0 Å². The molecule has 0 fully saturated rings. The first-order valence-electron chi connectivity index (χ1n) is 8.24. The van der Waals surface area contributed by atoms with Crippen LogP contribution in [0.25, 0.3) is 0 Å². The molecule has 1 aliphatic heterocycles. The van der Waals surface area contributed by atoms with E-state index in [1.165, 1.54) is 10.4 Å². The average Bonchev–Trinajstić information content (AvgIpc) is 2.91. The number of aryl methyl sites for hydroxylation is 2. The van der Waals surface area contributed by atoms with Crippen molar-refractivity contribution in [3.63, 3.8) is 0 Å². The molecule has 0 aliphatic carbocycles. The van der Waals surface area contributed by atoms with Gasteiger partial charge < -0.3 is 4.90 Å². The molecule has 0 spiro atoms. The van der Waals surface area contributed by atoms with E-state index in [9.17, 15) is 4.79 Å². The molecule has 0 atom stereocenters. The van der Waals surface area contributed by atoms with Crippen molar-refractivity contribution in [1.82, 2.24) is 4.90 Å². The third-order valence-corrected chi connectivity index (χ3v) is 5.45. The van der Waals surface area contributed by atoms with E-state index >= 15 is 0 Å². The highest BCUT2D eigenvalue weighted by molar-refractivity contribution is 7.16. The molecule has 2 heterocycles. The smallest absolute Gasteiger partial charge is 0.324 e. The van der Waals surface area contributed by atoms with Crippen molar-refractivity contribution in [2.24, 2.45) is 4.99 Å². The summed E-state index contributed by atoms with van der Waals surface area (Å²) >= 11 is 1.70. The molecule has 1 aromatic heterocycles. The molecule has 4 nitrogen and oxygen atoms in total. The van der Waals surface area contributed by atoms with Crippen LogP contribution in [0.5, 0.6) is 0 Å². The zero-order valence-electron chi connectivity index (χ0n) is 14.7. The van der Waals surface area contributed by atoms with Gasteiger partial charge in [-0.25, -0.2) is 4.79 Å². The number of amides is 2. The van der Waals surface area contributed by atoms with Crippen LogP contribution in [-0.2, 0) is 6.42 Å². The van der Waals surface area contributed by atoms with Crippen LogP contribution in [-0.4, -0.2) is 43.8 Å². The van der Waals surface area contributed by atoms with Crippen molar-refractivity contribution in [3.05, 3.63) is 51.9 Å². The lowest BCUT2D eigenvalue weighted by Gasteiger charge is -2.24. The molecule has 1 aliphatic rings. The summed E-state index contributed by atoms with van der Waals surface area (Å²) in [6, 6.07) is 10.7. The van der Waals surface area contributed by atoms with Crippen LogP contribution in [0.1, 0.15) is 28.5 Å². The molecular weight excluding hydrogens is 318 g/mol. The Morgan fingerprint density at radius 2 is 2.00 bits per heavy atom.